The zero-order valence-electron chi connectivity index (χ0n) is 35.6. The van der Waals surface area contributed by atoms with Crippen molar-refractivity contribution >= 4 is 71.6 Å². The van der Waals surface area contributed by atoms with Crippen LogP contribution in [-0.4, -0.2) is 4.57 Å². The highest BCUT2D eigenvalue weighted by molar-refractivity contribution is 6.17. The predicted octanol–water partition coefficient (Wildman–Crippen LogP) is 16.9. The molecular weight excluding hydrogens is 777 g/mol. The molecule has 0 unspecified atom stereocenters. The maximum Gasteiger partial charge on any atom is 0.145 e. The van der Waals surface area contributed by atoms with Gasteiger partial charge in [0, 0.05) is 44.2 Å². The summed E-state index contributed by atoms with van der Waals surface area (Å²) in [5.74, 6) is 0. The van der Waals surface area contributed by atoms with Crippen molar-refractivity contribution in [2.75, 3.05) is 4.90 Å². The summed E-state index contributed by atoms with van der Waals surface area (Å²) in [5.41, 5.74) is 18.3. The Balaban J connectivity index is 1.01. The van der Waals surface area contributed by atoms with E-state index in [4.69, 9.17) is 4.42 Å². The zero-order valence-corrected chi connectivity index (χ0v) is 35.6. The van der Waals surface area contributed by atoms with Crippen LogP contribution in [0.1, 0.15) is 25.0 Å². The molecule has 0 bridgehead atoms. The van der Waals surface area contributed by atoms with Gasteiger partial charge in [-0.15, -0.1) is 0 Å². The van der Waals surface area contributed by atoms with Crippen molar-refractivity contribution in [3.8, 4) is 39.1 Å². The van der Waals surface area contributed by atoms with Gasteiger partial charge in [-0.05, 0) is 123 Å². The molecule has 13 rings (SSSR count). The van der Waals surface area contributed by atoms with Gasteiger partial charge in [0.2, 0.25) is 0 Å². The summed E-state index contributed by atoms with van der Waals surface area (Å²) in [6, 6.07) is 79.6. The Hall–Kier alpha value is -8.14. The standard InChI is InChI=1S/C61H42N2O/c1-61(2)53-25-9-5-21-48(53)49-32-30-42(38-54(49)61)41-17-13-19-44(36-41)62(46-31-29-39-15-3-4-16-40(39)35-46)57-34-33-47(60-59(57)52-24-8-12-28-58(52)64-60)43-18-14-20-45(37-43)63-55-26-10-6-22-50(55)51-23-7-11-27-56(51)63/h3-38H,1-2H3. The van der Waals surface area contributed by atoms with E-state index in [1.54, 1.807) is 0 Å². The van der Waals surface area contributed by atoms with Gasteiger partial charge in [-0.1, -0.05) is 159 Å². The molecule has 0 aliphatic heterocycles. The van der Waals surface area contributed by atoms with Crippen molar-refractivity contribution in [1.29, 1.82) is 0 Å². The lowest BCUT2D eigenvalue weighted by molar-refractivity contribution is 0.660. The third-order valence-corrected chi connectivity index (χ3v) is 13.8. The SMILES string of the molecule is CC1(C)c2ccccc2-c2ccc(-c3cccc(N(c4ccc5ccccc5c4)c4ccc(-c5cccc(-n6c7ccccc7c7ccccc76)c5)c5oc6ccccc6c45)c3)cc21. The van der Waals surface area contributed by atoms with Crippen LogP contribution in [0.2, 0.25) is 0 Å². The van der Waals surface area contributed by atoms with Crippen LogP contribution >= 0.6 is 0 Å². The van der Waals surface area contributed by atoms with Crippen LogP contribution in [-0.2, 0) is 5.41 Å². The molecule has 0 spiro atoms. The first-order valence-electron chi connectivity index (χ1n) is 22.2. The number of nitrogens with zero attached hydrogens (tertiary/aromatic N) is 2. The van der Waals surface area contributed by atoms with Gasteiger partial charge in [-0.25, -0.2) is 0 Å². The number of furan rings is 1. The number of para-hydroxylation sites is 3. The molecule has 0 saturated carbocycles. The first-order chi connectivity index (χ1) is 31.5. The van der Waals surface area contributed by atoms with Crippen LogP contribution in [0.25, 0.3) is 93.6 Å². The third-order valence-electron chi connectivity index (χ3n) is 13.8. The second kappa shape index (κ2) is 13.9. The highest BCUT2D eigenvalue weighted by atomic mass is 16.3. The predicted molar refractivity (Wildman–Crippen MR) is 269 cm³/mol. The normalized spacial score (nSPS) is 13.0. The highest BCUT2D eigenvalue weighted by Crippen LogP contribution is 2.51. The lowest BCUT2D eigenvalue weighted by Gasteiger charge is -2.27. The van der Waals surface area contributed by atoms with Crippen LogP contribution in [0, 0.1) is 0 Å². The Kier molecular flexibility index (Phi) is 7.95. The summed E-state index contributed by atoms with van der Waals surface area (Å²) in [7, 11) is 0. The molecule has 1 aliphatic rings. The fourth-order valence-corrected chi connectivity index (χ4v) is 10.7. The monoisotopic (exact) mass is 818 g/mol. The Morgan fingerprint density at radius 3 is 1.91 bits per heavy atom. The van der Waals surface area contributed by atoms with Gasteiger partial charge in [0.05, 0.1) is 22.1 Å². The topological polar surface area (TPSA) is 21.3 Å². The maximum absolute atomic E-state index is 6.99. The highest BCUT2D eigenvalue weighted by Gasteiger charge is 2.35. The minimum atomic E-state index is -0.0880. The van der Waals surface area contributed by atoms with E-state index in [0.29, 0.717) is 0 Å². The largest absolute Gasteiger partial charge is 0.455 e. The summed E-state index contributed by atoms with van der Waals surface area (Å²) >= 11 is 0. The number of hydrogen-bond donors (Lipinski definition) is 0. The van der Waals surface area contributed by atoms with Crippen LogP contribution < -0.4 is 4.90 Å². The van der Waals surface area contributed by atoms with E-state index in [2.05, 4.69) is 242 Å². The minimum absolute atomic E-state index is 0.0880. The average Bonchev–Trinajstić information content (AvgIpc) is 3.98. The van der Waals surface area contributed by atoms with E-state index in [9.17, 15) is 0 Å². The van der Waals surface area contributed by atoms with Gasteiger partial charge in [0.15, 0.2) is 0 Å². The summed E-state index contributed by atoms with van der Waals surface area (Å²) in [4.78, 5) is 2.42. The molecule has 2 aromatic heterocycles. The van der Waals surface area contributed by atoms with Crippen molar-refractivity contribution in [3.63, 3.8) is 0 Å². The van der Waals surface area contributed by atoms with Gasteiger partial charge in [-0.2, -0.15) is 0 Å². The fraction of sp³-hybridized carbons (Fsp3) is 0.0492. The third kappa shape index (κ3) is 5.47. The number of hydrogen-bond acceptors (Lipinski definition) is 2. The Morgan fingerprint density at radius 1 is 0.422 bits per heavy atom. The quantitative estimate of drug-likeness (QED) is 0.167. The minimum Gasteiger partial charge on any atom is -0.455 e. The second-order valence-corrected chi connectivity index (χ2v) is 17.7. The number of aromatic nitrogens is 1. The summed E-state index contributed by atoms with van der Waals surface area (Å²) < 4.78 is 9.37. The molecule has 3 nitrogen and oxygen atoms in total. The van der Waals surface area contributed by atoms with Crippen molar-refractivity contribution < 1.29 is 4.42 Å². The summed E-state index contributed by atoms with van der Waals surface area (Å²) in [6.07, 6.45) is 0. The van der Waals surface area contributed by atoms with E-state index in [1.807, 2.05) is 0 Å². The van der Waals surface area contributed by atoms with Gasteiger partial charge in [-0.3, -0.25) is 0 Å². The van der Waals surface area contributed by atoms with Gasteiger partial charge in [0.1, 0.15) is 11.2 Å². The maximum atomic E-state index is 6.99. The molecule has 10 aromatic carbocycles. The van der Waals surface area contributed by atoms with Gasteiger partial charge in [0.25, 0.3) is 0 Å². The van der Waals surface area contributed by atoms with Gasteiger partial charge >= 0.3 is 0 Å². The van der Waals surface area contributed by atoms with Gasteiger partial charge < -0.3 is 13.9 Å². The molecule has 302 valence electrons. The van der Waals surface area contributed by atoms with Crippen LogP contribution in [0.5, 0.6) is 0 Å². The lowest BCUT2D eigenvalue weighted by Crippen LogP contribution is -2.14. The van der Waals surface area contributed by atoms with Crippen molar-refractivity contribution in [2.45, 2.75) is 19.3 Å². The van der Waals surface area contributed by atoms with Crippen LogP contribution in [0.3, 0.4) is 0 Å². The van der Waals surface area contributed by atoms with Crippen molar-refractivity contribution in [3.05, 3.63) is 230 Å². The lowest BCUT2D eigenvalue weighted by atomic mass is 9.81. The first kappa shape index (κ1) is 36.5. The second-order valence-electron chi connectivity index (χ2n) is 17.7. The summed E-state index contributed by atoms with van der Waals surface area (Å²) in [6.45, 7) is 4.70. The first-order valence-corrected chi connectivity index (χ1v) is 22.2. The molecule has 3 heteroatoms. The molecule has 0 N–H and O–H groups in total. The zero-order chi connectivity index (χ0) is 42.5. The molecule has 12 aromatic rings. The average molecular weight is 819 g/mol. The fourth-order valence-electron chi connectivity index (χ4n) is 10.7. The Labute approximate surface area is 371 Å². The molecular formula is C61H42N2O. The van der Waals surface area contributed by atoms with Crippen molar-refractivity contribution in [1.82, 2.24) is 4.57 Å². The molecule has 0 amide bonds. The van der Waals surface area contributed by atoms with E-state index >= 15 is 0 Å². The molecule has 2 heterocycles. The Morgan fingerprint density at radius 2 is 1.06 bits per heavy atom. The van der Waals surface area contributed by atoms with E-state index in [1.165, 1.54) is 66.0 Å². The van der Waals surface area contributed by atoms with Crippen LogP contribution in [0.15, 0.2) is 223 Å². The van der Waals surface area contributed by atoms with E-state index in [-0.39, 0.29) is 5.41 Å². The molecule has 64 heavy (non-hydrogen) atoms. The number of rotatable bonds is 6. The molecule has 0 atom stereocenters. The van der Waals surface area contributed by atoms with E-state index in [0.717, 1.165) is 55.8 Å². The smallest absolute Gasteiger partial charge is 0.145 e. The molecule has 1 aliphatic carbocycles. The van der Waals surface area contributed by atoms with Crippen molar-refractivity contribution in [2.24, 2.45) is 0 Å². The summed E-state index contributed by atoms with van der Waals surface area (Å²) in [5, 5.41) is 7.04. The van der Waals surface area contributed by atoms with E-state index < -0.39 is 0 Å². The van der Waals surface area contributed by atoms with Crippen LogP contribution in [0.4, 0.5) is 17.1 Å². The number of fused-ring (bicyclic) bond motifs is 10. The number of anilines is 3. The molecule has 0 fully saturated rings. The Bertz CT molecular complexity index is 3790. The molecule has 0 saturated heterocycles. The molecule has 0 radical (unpaired) electrons. The number of benzene rings is 10.